The van der Waals surface area contributed by atoms with E-state index in [0.717, 1.165) is 11.0 Å². The standard InChI is InChI=1S/C27H36N3/c1-8-30(6,7)26-19-13-23(14-20-26)27(21-9-15-24(16-10-21)28(2)3)22-11-17-25(18-12-22)29(4)5/h9-20,24H,8H2,1-7H3/q+1. The molecule has 3 heteroatoms. The number of allylic oxidation sites excluding steroid dienone is 3. The van der Waals surface area contributed by atoms with E-state index in [4.69, 9.17) is 0 Å². The van der Waals surface area contributed by atoms with E-state index in [0.29, 0.717) is 6.04 Å². The van der Waals surface area contributed by atoms with Crippen LogP contribution in [0.5, 0.6) is 0 Å². The van der Waals surface area contributed by atoms with Crippen molar-refractivity contribution in [1.82, 2.24) is 9.38 Å². The summed E-state index contributed by atoms with van der Waals surface area (Å²) >= 11 is 0. The van der Waals surface area contributed by atoms with Crippen molar-refractivity contribution >= 4 is 16.9 Å². The number of likely N-dealkylation sites (N-methyl/N-ethyl adjacent to an activating group) is 1. The third-order valence-electron chi connectivity index (χ3n) is 6.15. The molecule has 0 spiro atoms. The Bertz CT molecular complexity index is 927. The molecule has 0 N–H and O–H groups in total. The SMILES string of the molecule is CC[N+](C)(C)c1ccc(C(=C2C=CC(N(C)C)C=C2)c2ccc(N(C)C)cc2)cc1. The van der Waals surface area contributed by atoms with Gasteiger partial charge in [0.2, 0.25) is 0 Å². The Balaban J connectivity index is 2.08. The van der Waals surface area contributed by atoms with Gasteiger partial charge >= 0.3 is 0 Å². The maximum absolute atomic E-state index is 2.27. The van der Waals surface area contributed by atoms with E-state index in [9.17, 15) is 0 Å². The normalized spacial score (nSPS) is 16.3. The van der Waals surface area contributed by atoms with Crippen molar-refractivity contribution < 1.29 is 0 Å². The van der Waals surface area contributed by atoms with Gasteiger partial charge in [-0.3, -0.25) is 9.38 Å². The first-order chi connectivity index (χ1) is 14.2. The van der Waals surface area contributed by atoms with Crippen LogP contribution in [0.15, 0.2) is 78.4 Å². The second-order valence-electron chi connectivity index (χ2n) is 8.99. The van der Waals surface area contributed by atoms with Gasteiger partial charge < -0.3 is 4.90 Å². The summed E-state index contributed by atoms with van der Waals surface area (Å²) in [4.78, 5) is 4.35. The summed E-state index contributed by atoms with van der Waals surface area (Å²) in [7, 11) is 12.9. The van der Waals surface area contributed by atoms with Crippen molar-refractivity contribution in [3.8, 4) is 0 Å². The van der Waals surface area contributed by atoms with Gasteiger partial charge in [0.05, 0.1) is 20.6 Å². The molecular formula is C27H36N3+. The molecule has 2 aromatic rings. The lowest BCUT2D eigenvalue weighted by Crippen LogP contribution is -2.39. The highest BCUT2D eigenvalue weighted by atomic mass is 15.3. The van der Waals surface area contributed by atoms with E-state index in [1.54, 1.807) is 0 Å². The molecule has 0 heterocycles. The molecule has 0 aliphatic heterocycles. The molecule has 3 rings (SSSR count). The fourth-order valence-corrected chi connectivity index (χ4v) is 3.68. The lowest BCUT2D eigenvalue weighted by atomic mass is 9.90. The molecule has 1 aliphatic carbocycles. The van der Waals surface area contributed by atoms with E-state index in [2.05, 4.69) is 132 Å². The Labute approximate surface area is 182 Å². The highest BCUT2D eigenvalue weighted by Crippen LogP contribution is 2.33. The van der Waals surface area contributed by atoms with Crippen LogP contribution in [0.2, 0.25) is 0 Å². The molecule has 30 heavy (non-hydrogen) atoms. The minimum Gasteiger partial charge on any atom is -0.378 e. The summed E-state index contributed by atoms with van der Waals surface area (Å²) in [5.74, 6) is 0. The lowest BCUT2D eigenvalue weighted by molar-refractivity contribution is 0.390. The Kier molecular flexibility index (Phi) is 6.64. The van der Waals surface area contributed by atoms with Gasteiger partial charge in [-0.2, -0.15) is 0 Å². The second kappa shape index (κ2) is 9.03. The molecule has 1 aliphatic rings. The zero-order valence-corrected chi connectivity index (χ0v) is 19.6. The van der Waals surface area contributed by atoms with Gasteiger partial charge in [0.1, 0.15) is 5.69 Å². The first-order valence-corrected chi connectivity index (χ1v) is 10.7. The number of benzene rings is 2. The zero-order chi connectivity index (χ0) is 21.9. The molecule has 0 saturated carbocycles. The van der Waals surface area contributed by atoms with Crippen molar-refractivity contribution in [1.29, 1.82) is 0 Å². The summed E-state index contributed by atoms with van der Waals surface area (Å²) in [5.41, 5.74) is 7.56. The molecule has 0 bridgehead atoms. The topological polar surface area (TPSA) is 6.48 Å². The molecule has 158 valence electrons. The second-order valence-corrected chi connectivity index (χ2v) is 8.99. The lowest BCUT2D eigenvalue weighted by Gasteiger charge is -2.28. The Morgan fingerprint density at radius 3 is 1.73 bits per heavy atom. The van der Waals surface area contributed by atoms with E-state index >= 15 is 0 Å². The van der Waals surface area contributed by atoms with E-state index in [1.807, 2.05) is 0 Å². The highest BCUT2D eigenvalue weighted by Gasteiger charge is 2.18. The van der Waals surface area contributed by atoms with Crippen LogP contribution < -0.4 is 9.38 Å². The summed E-state index contributed by atoms with van der Waals surface area (Å²) < 4.78 is 0.883. The van der Waals surface area contributed by atoms with Crippen LogP contribution in [0.3, 0.4) is 0 Å². The number of rotatable bonds is 6. The third-order valence-corrected chi connectivity index (χ3v) is 6.15. The molecule has 0 unspecified atom stereocenters. The van der Waals surface area contributed by atoms with Gasteiger partial charge in [-0.05, 0) is 79.7 Å². The average Bonchev–Trinajstić information content (AvgIpc) is 2.75. The smallest absolute Gasteiger partial charge is 0.132 e. The van der Waals surface area contributed by atoms with Crippen molar-refractivity contribution in [2.75, 3.05) is 53.7 Å². The predicted molar refractivity (Wildman–Crippen MR) is 133 cm³/mol. The summed E-state index contributed by atoms with van der Waals surface area (Å²) in [6, 6.07) is 18.3. The minimum absolute atomic E-state index is 0.344. The fourth-order valence-electron chi connectivity index (χ4n) is 3.68. The zero-order valence-electron chi connectivity index (χ0n) is 19.6. The molecule has 0 amide bonds. The largest absolute Gasteiger partial charge is 0.378 e. The van der Waals surface area contributed by atoms with Gasteiger partial charge in [-0.1, -0.05) is 36.4 Å². The quantitative estimate of drug-likeness (QED) is 0.613. The number of quaternary nitrogens is 1. The fraction of sp³-hybridized carbons (Fsp3) is 0.333. The van der Waals surface area contributed by atoms with Crippen LogP contribution in [0, 0.1) is 0 Å². The van der Waals surface area contributed by atoms with Gasteiger partial charge in [0.15, 0.2) is 0 Å². The maximum Gasteiger partial charge on any atom is 0.132 e. The van der Waals surface area contributed by atoms with Crippen LogP contribution in [-0.4, -0.2) is 59.8 Å². The van der Waals surface area contributed by atoms with E-state index in [-0.39, 0.29) is 0 Å². The first kappa shape index (κ1) is 22.1. The monoisotopic (exact) mass is 402 g/mol. The van der Waals surface area contributed by atoms with E-state index < -0.39 is 0 Å². The van der Waals surface area contributed by atoms with Crippen LogP contribution in [-0.2, 0) is 0 Å². The predicted octanol–water partition coefficient (Wildman–Crippen LogP) is 5.20. The summed E-state index contributed by atoms with van der Waals surface area (Å²) in [6.45, 7) is 3.29. The highest BCUT2D eigenvalue weighted by molar-refractivity contribution is 5.86. The van der Waals surface area contributed by atoms with Gasteiger partial charge in [-0.15, -0.1) is 0 Å². The van der Waals surface area contributed by atoms with Crippen molar-refractivity contribution in [3.05, 3.63) is 89.5 Å². The number of hydrogen-bond acceptors (Lipinski definition) is 2. The van der Waals surface area contributed by atoms with Gasteiger partial charge in [0, 0.05) is 25.8 Å². The third kappa shape index (κ3) is 4.75. The van der Waals surface area contributed by atoms with Gasteiger partial charge in [0.25, 0.3) is 0 Å². The van der Waals surface area contributed by atoms with Crippen molar-refractivity contribution in [2.24, 2.45) is 0 Å². The molecule has 0 fully saturated rings. The molecular weight excluding hydrogens is 366 g/mol. The molecule has 3 nitrogen and oxygen atoms in total. The molecule has 0 atom stereocenters. The van der Waals surface area contributed by atoms with Crippen molar-refractivity contribution in [2.45, 2.75) is 13.0 Å². The maximum atomic E-state index is 2.27. The van der Waals surface area contributed by atoms with Crippen molar-refractivity contribution in [3.63, 3.8) is 0 Å². The average molecular weight is 403 g/mol. The van der Waals surface area contributed by atoms with Crippen LogP contribution in [0.1, 0.15) is 18.1 Å². The molecule has 0 radical (unpaired) electrons. The Hall–Kier alpha value is -2.62. The number of anilines is 1. The minimum atomic E-state index is 0.344. The summed E-state index contributed by atoms with van der Waals surface area (Å²) in [5, 5.41) is 0. The number of nitrogens with zero attached hydrogens (tertiary/aromatic N) is 3. The molecule has 0 aromatic heterocycles. The molecule has 0 saturated heterocycles. The van der Waals surface area contributed by atoms with Crippen LogP contribution >= 0.6 is 0 Å². The molecule has 2 aromatic carbocycles. The Morgan fingerprint density at radius 1 is 0.800 bits per heavy atom. The summed E-state index contributed by atoms with van der Waals surface area (Å²) in [6.07, 6.45) is 9.07. The van der Waals surface area contributed by atoms with Gasteiger partial charge in [-0.25, -0.2) is 0 Å². The van der Waals surface area contributed by atoms with Crippen LogP contribution in [0.25, 0.3) is 5.57 Å². The number of hydrogen-bond donors (Lipinski definition) is 0. The van der Waals surface area contributed by atoms with Crippen LogP contribution in [0.4, 0.5) is 11.4 Å². The first-order valence-electron chi connectivity index (χ1n) is 10.7. The Morgan fingerprint density at radius 2 is 1.30 bits per heavy atom. The van der Waals surface area contributed by atoms with E-state index in [1.165, 1.54) is 33.6 Å².